The van der Waals surface area contributed by atoms with Gasteiger partial charge in [0.2, 0.25) is 0 Å². The van der Waals surface area contributed by atoms with Crippen molar-refractivity contribution in [3.8, 4) is 5.75 Å². The molecule has 1 aliphatic carbocycles. The lowest BCUT2D eigenvalue weighted by Gasteiger charge is -2.17. The van der Waals surface area contributed by atoms with Crippen molar-refractivity contribution < 1.29 is 9.53 Å². The Kier molecular flexibility index (Phi) is 5.25. The molecular formula is C18H22N4O2. The Morgan fingerprint density at radius 2 is 2.25 bits per heavy atom. The van der Waals surface area contributed by atoms with Gasteiger partial charge in [0.1, 0.15) is 5.75 Å². The molecule has 0 saturated heterocycles. The van der Waals surface area contributed by atoms with E-state index < -0.39 is 0 Å². The second-order valence-electron chi connectivity index (χ2n) is 5.93. The monoisotopic (exact) mass is 326 g/mol. The van der Waals surface area contributed by atoms with Gasteiger partial charge in [0.25, 0.3) is 0 Å². The number of hydrogen-bond donors (Lipinski definition) is 2. The molecule has 0 aliphatic heterocycles. The van der Waals surface area contributed by atoms with Gasteiger partial charge >= 0.3 is 6.03 Å². The van der Waals surface area contributed by atoms with E-state index >= 15 is 0 Å². The van der Waals surface area contributed by atoms with Crippen molar-refractivity contribution in [2.24, 2.45) is 0 Å². The molecule has 6 nitrogen and oxygen atoms in total. The number of ether oxygens (including phenoxy) is 1. The molecule has 0 radical (unpaired) electrons. The minimum absolute atomic E-state index is 0.125. The molecule has 3 rings (SSSR count). The molecule has 2 aromatic rings. The van der Waals surface area contributed by atoms with Crippen LogP contribution in [0.5, 0.6) is 5.75 Å². The summed E-state index contributed by atoms with van der Waals surface area (Å²) in [6, 6.07) is 9.72. The van der Waals surface area contributed by atoms with Gasteiger partial charge in [0.15, 0.2) is 0 Å². The summed E-state index contributed by atoms with van der Waals surface area (Å²) in [6.45, 7) is 0.372. The summed E-state index contributed by atoms with van der Waals surface area (Å²) in [4.78, 5) is 12.1. The van der Waals surface area contributed by atoms with Crippen molar-refractivity contribution in [3.63, 3.8) is 0 Å². The summed E-state index contributed by atoms with van der Waals surface area (Å²) in [5.41, 5.74) is 3.26. The molecule has 1 aromatic heterocycles. The lowest BCUT2D eigenvalue weighted by molar-refractivity contribution is 0.235. The molecule has 0 spiro atoms. The third kappa shape index (κ3) is 4.01. The van der Waals surface area contributed by atoms with Crippen molar-refractivity contribution >= 4 is 6.03 Å². The smallest absolute Gasteiger partial charge is 0.315 e. The molecule has 1 heterocycles. The van der Waals surface area contributed by atoms with Crippen molar-refractivity contribution in [2.45, 2.75) is 38.3 Å². The summed E-state index contributed by atoms with van der Waals surface area (Å²) in [5, 5.41) is 13.7. The zero-order valence-corrected chi connectivity index (χ0v) is 13.8. The van der Waals surface area contributed by atoms with E-state index in [4.69, 9.17) is 4.74 Å². The van der Waals surface area contributed by atoms with E-state index in [-0.39, 0.29) is 12.1 Å². The number of nitrogens with zero attached hydrogens (tertiary/aromatic N) is 2. The predicted octanol–water partition coefficient (Wildman–Crippen LogP) is 2.23. The first-order valence-electron chi connectivity index (χ1n) is 8.22. The van der Waals surface area contributed by atoms with E-state index in [1.807, 2.05) is 18.2 Å². The highest BCUT2D eigenvalue weighted by molar-refractivity contribution is 5.74. The number of carbonyl (C=O) groups is 1. The van der Waals surface area contributed by atoms with Crippen LogP contribution in [-0.2, 0) is 19.4 Å². The zero-order valence-electron chi connectivity index (χ0n) is 13.8. The standard InChI is InChI=1S/C18H22N4O2/c1-24-17-9-2-5-13-11-14(6-3-8-16(13)17)21-18(23)19-12-15-7-4-10-20-22-15/h2,4-5,7,9-10,14H,3,6,8,11-12H2,1H3,(H2,19,21,23). The van der Waals surface area contributed by atoms with Crippen LogP contribution < -0.4 is 15.4 Å². The Labute approximate surface area is 141 Å². The number of hydrogen-bond acceptors (Lipinski definition) is 4. The molecule has 126 valence electrons. The first-order chi connectivity index (χ1) is 11.8. The lowest BCUT2D eigenvalue weighted by Crippen LogP contribution is -2.42. The Morgan fingerprint density at radius 1 is 1.33 bits per heavy atom. The summed E-state index contributed by atoms with van der Waals surface area (Å²) < 4.78 is 5.46. The minimum atomic E-state index is -0.169. The van der Waals surface area contributed by atoms with E-state index in [9.17, 15) is 4.79 Å². The Morgan fingerprint density at radius 3 is 3.04 bits per heavy atom. The van der Waals surface area contributed by atoms with Crippen LogP contribution in [0, 0.1) is 0 Å². The van der Waals surface area contributed by atoms with Gasteiger partial charge < -0.3 is 15.4 Å². The third-order valence-corrected chi connectivity index (χ3v) is 4.29. The van der Waals surface area contributed by atoms with Gasteiger partial charge in [-0.05, 0) is 55.0 Å². The first kappa shape index (κ1) is 16.2. The molecule has 1 aromatic carbocycles. The van der Waals surface area contributed by atoms with Crippen LogP contribution in [0.2, 0.25) is 0 Å². The number of amides is 2. The molecule has 6 heteroatoms. The lowest BCUT2D eigenvalue weighted by atomic mass is 10.0. The molecule has 2 amide bonds. The van der Waals surface area contributed by atoms with Gasteiger partial charge in [-0.2, -0.15) is 10.2 Å². The van der Waals surface area contributed by atoms with Gasteiger partial charge in [-0.1, -0.05) is 12.1 Å². The maximum atomic E-state index is 12.1. The molecule has 2 N–H and O–H groups in total. The fourth-order valence-electron chi connectivity index (χ4n) is 3.13. The van der Waals surface area contributed by atoms with E-state index in [1.54, 1.807) is 19.4 Å². The third-order valence-electron chi connectivity index (χ3n) is 4.29. The quantitative estimate of drug-likeness (QED) is 0.845. The molecule has 0 fully saturated rings. The molecule has 0 bridgehead atoms. The average molecular weight is 326 g/mol. The van der Waals surface area contributed by atoms with Gasteiger partial charge in [0.05, 0.1) is 19.3 Å². The molecule has 1 aliphatic rings. The SMILES string of the molecule is COc1cccc2c1CCCC(NC(=O)NCc1cccnn1)C2. The van der Waals surface area contributed by atoms with E-state index in [1.165, 1.54) is 11.1 Å². The van der Waals surface area contributed by atoms with Crippen LogP contribution in [0.25, 0.3) is 0 Å². The average Bonchev–Trinajstić information content (AvgIpc) is 2.82. The topological polar surface area (TPSA) is 76.1 Å². The van der Waals surface area contributed by atoms with Gasteiger partial charge in [-0.3, -0.25) is 0 Å². The van der Waals surface area contributed by atoms with E-state index in [0.717, 1.165) is 37.1 Å². The number of methoxy groups -OCH3 is 1. The van der Waals surface area contributed by atoms with Gasteiger partial charge in [-0.15, -0.1) is 0 Å². The summed E-state index contributed by atoms with van der Waals surface area (Å²) in [6.07, 6.45) is 5.41. The van der Waals surface area contributed by atoms with Crippen molar-refractivity contribution in [3.05, 3.63) is 53.3 Å². The normalized spacial score (nSPS) is 16.6. The second-order valence-corrected chi connectivity index (χ2v) is 5.93. The number of rotatable bonds is 4. The van der Waals surface area contributed by atoms with E-state index in [2.05, 4.69) is 26.9 Å². The maximum Gasteiger partial charge on any atom is 0.315 e. The maximum absolute atomic E-state index is 12.1. The van der Waals surface area contributed by atoms with Crippen molar-refractivity contribution in [1.82, 2.24) is 20.8 Å². The second kappa shape index (κ2) is 7.77. The van der Waals surface area contributed by atoms with E-state index in [0.29, 0.717) is 6.54 Å². The summed E-state index contributed by atoms with van der Waals surface area (Å²) >= 11 is 0. The molecule has 1 atom stereocenters. The molecule has 24 heavy (non-hydrogen) atoms. The highest BCUT2D eigenvalue weighted by Crippen LogP contribution is 2.28. The number of nitrogens with one attached hydrogen (secondary N) is 2. The molecule has 0 saturated carbocycles. The first-order valence-corrected chi connectivity index (χ1v) is 8.22. The highest BCUT2D eigenvalue weighted by atomic mass is 16.5. The Bertz CT molecular complexity index is 691. The fourth-order valence-corrected chi connectivity index (χ4v) is 3.13. The van der Waals surface area contributed by atoms with Crippen LogP contribution >= 0.6 is 0 Å². The fraction of sp³-hybridized carbons (Fsp3) is 0.389. The minimum Gasteiger partial charge on any atom is -0.496 e. The zero-order chi connectivity index (χ0) is 16.8. The van der Waals surface area contributed by atoms with Crippen LogP contribution in [-0.4, -0.2) is 29.4 Å². The van der Waals surface area contributed by atoms with Gasteiger partial charge in [-0.25, -0.2) is 4.79 Å². The number of fused-ring (bicyclic) bond motifs is 1. The number of carbonyl (C=O) groups excluding carboxylic acids is 1. The Hall–Kier alpha value is -2.63. The van der Waals surface area contributed by atoms with Crippen molar-refractivity contribution in [2.75, 3.05) is 7.11 Å². The number of aromatic nitrogens is 2. The predicted molar refractivity (Wildman–Crippen MR) is 90.8 cm³/mol. The largest absolute Gasteiger partial charge is 0.496 e. The molecule has 1 unspecified atom stereocenters. The van der Waals surface area contributed by atoms with Crippen LogP contribution in [0.15, 0.2) is 36.5 Å². The Balaban J connectivity index is 1.58. The highest BCUT2D eigenvalue weighted by Gasteiger charge is 2.20. The summed E-state index contributed by atoms with van der Waals surface area (Å²) in [7, 11) is 1.70. The number of benzene rings is 1. The van der Waals surface area contributed by atoms with Crippen LogP contribution in [0.3, 0.4) is 0 Å². The number of urea groups is 1. The van der Waals surface area contributed by atoms with Gasteiger partial charge in [0, 0.05) is 12.2 Å². The molecular weight excluding hydrogens is 304 g/mol. The van der Waals surface area contributed by atoms with Crippen LogP contribution in [0.1, 0.15) is 29.7 Å². The summed E-state index contributed by atoms with van der Waals surface area (Å²) in [5.74, 6) is 0.945. The van der Waals surface area contributed by atoms with Crippen LogP contribution in [0.4, 0.5) is 4.79 Å². The van der Waals surface area contributed by atoms with Crippen molar-refractivity contribution in [1.29, 1.82) is 0 Å².